The van der Waals surface area contributed by atoms with Crippen molar-refractivity contribution in [2.45, 2.75) is 51.7 Å². The van der Waals surface area contributed by atoms with E-state index < -0.39 is 6.10 Å². The average molecular weight is 316 g/mol. The van der Waals surface area contributed by atoms with Gasteiger partial charge in [0.2, 0.25) is 0 Å². The van der Waals surface area contributed by atoms with Crippen molar-refractivity contribution in [1.29, 1.82) is 0 Å². The normalized spacial score (nSPS) is 20.2. The topological polar surface area (TPSA) is 53.8 Å². The number of hydrogen-bond donors (Lipinski definition) is 2. The maximum atomic E-state index is 9.92. The minimum atomic E-state index is -0.554. The predicted octanol–water partition coefficient (Wildman–Crippen LogP) is 3.38. The van der Waals surface area contributed by atoms with Gasteiger partial charge in [0.05, 0.1) is 5.71 Å². The van der Waals surface area contributed by atoms with E-state index >= 15 is 0 Å². The highest BCUT2D eigenvalue weighted by Crippen LogP contribution is 2.24. The minimum Gasteiger partial charge on any atom is -0.393 e. The zero-order chi connectivity index (χ0) is 16.7. The fourth-order valence-electron chi connectivity index (χ4n) is 2.45. The van der Waals surface area contributed by atoms with E-state index in [1.807, 2.05) is 18.2 Å². The molecule has 1 unspecified atom stereocenters. The van der Waals surface area contributed by atoms with Gasteiger partial charge >= 0.3 is 0 Å². The van der Waals surface area contributed by atoms with E-state index in [2.05, 4.69) is 49.5 Å². The molecule has 1 fully saturated rings. The van der Waals surface area contributed by atoms with E-state index in [1.54, 1.807) is 0 Å². The van der Waals surface area contributed by atoms with Crippen LogP contribution in [0.25, 0.3) is 6.08 Å². The predicted molar refractivity (Wildman–Crippen MR) is 95.4 cm³/mol. The first kappa shape index (κ1) is 17.7. The standard InChI is InChI=1S/C19H28N2O2/c1-19(2,3)20-13-17(22)14-23-21-18-11-7-10-16(18)12-15-8-5-4-6-9-15/h4-6,8-9,12,17,20,22H,7,10-11,13-14H2,1-3H3/b16-12-,21-18+. The minimum absolute atomic E-state index is 0.0100. The Morgan fingerprint density at radius 2 is 2.00 bits per heavy atom. The average Bonchev–Trinajstić information content (AvgIpc) is 2.93. The maximum absolute atomic E-state index is 9.92. The molecule has 0 heterocycles. The quantitative estimate of drug-likeness (QED) is 0.791. The summed E-state index contributed by atoms with van der Waals surface area (Å²) in [6, 6.07) is 10.3. The summed E-state index contributed by atoms with van der Waals surface area (Å²) in [5.41, 5.74) is 3.42. The molecule has 126 valence electrons. The Morgan fingerprint density at radius 3 is 2.70 bits per heavy atom. The molecule has 0 spiro atoms. The lowest BCUT2D eigenvalue weighted by atomic mass is 10.1. The van der Waals surface area contributed by atoms with Gasteiger partial charge in [-0.15, -0.1) is 0 Å². The SMILES string of the molecule is CC(C)(C)NCC(O)CO/N=C1\CCC\C1=C\c1ccccc1. The van der Waals surface area contributed by atoms with Crippen LogP contribution in [0.2, 0.25) is 0 Å². The van der Waals surface area contributed by atoms with Gasteiger partial charge in [-0.05, 0) is 57.2 Å². The summed E-state index contributed by atoms with van der Waals surface area (Å²) in [6.45, 7) is 6.92. The van der Waals surface area contributed by atoms with Crippen LogP contribution >= 0.6 is 0 Å². The molecule has 0 bridgehead atoms. The number of rotatable bonds is 6. The highest BCUT2D eigenvalue weighted by atomic mass is 16.6. The number of hydrogen-bond acceptors (Lipinski definition) is 4. The van der Waals surface area contributed by atoms with E-state index in [9.17, 15) is 5.11 Å². The van der Waals surface area contributed by atoms with Gasteiger partial charge in [-0.1, -0.05) is 35.5 Å². The summed E-state index contributed by atoms with van der Waals surface area (Å²) in [7, 11) is 0. The molecule has 4 nitrogen and oxygen atoms in total. The zero-order valence-corrected chi connectivity index (χ0v) is 14.4. The highest BCUT2D eigenvalue weighted by molar-refractivity contribution is 6.05. The summed E-state index contributed by atoms with van der Waals surface area (Å²) >= 11 is 0. The number of benzene rings is 1. The Labute approximate surface area is 139 Å². The van der Waals surface area contributed by atoms with Crippen molar-refractivity contribution in [2.75, 3.05) is 13.2 Å². The van der Waals surface area contributed by atoms with Crippen molar-refractivity contribution in [1.82, 2.24) is 5.32 Å². The number of aliphatic hydroxyl groups excluding tert-OH is 1. The van der Waals surface area contributed by atoms with Crippen molar-refractivity contribution < 1.29 is 9.94 Å². The fourth-order valence-corrected chi connectivity index (χ4v) is 2.45. The van der Waals surface area contributed by atoms with Crippen molar-refractivity contribution in [3.8, 4) is 0 Å². The third-order valence-electron chi connectivity index (χ3n) is 3.68. The summed E-state index contributed by atoms with van der Waals surface area (Å²) in [5, 5.41) is 17.4. The number of β-amino-alcohol motifs (C(OH)–C–C–N with tert-alkyl or cyclic N) is 1. The Morgan fingerprint density at radius 1 is 1.26 bits per heavy atom. The summed E-state index contributed by atoms with van der Waals surface area (Å²) in [6.07, 6.45) is 4.70. The third-order valence-corrected chi connectivity index (χ3v) is 3.68. The molecule has 2 N–H and O–H groups in total. The van der Waals surface area contributed by atoms with E-state index in [-0.39, 0.29) is 12.1 Å². The van der Waals surface area contributed by atoms with Crippen LogP contribution in [-0.4, -0.2) is 35.6 Å². The number of nitrogens with one attached hydrogen (secondary N) is 1. The van der Waals surface area contributed by atoms with Gasteiger partial charge in [-0.2, -0.15) is 0 Å². The van der Waals surface area contributed by atoms with Crippen molar-refractivity contribution in [2.24, 2.45) is 5.16 Å². The van der Waals surface area contributed by atoms with Crippen LogP contribution in [0.4, 0.5) is 0 Å². The molecular formula is C19H28N2O2. The summed E-state index contributed by atoms with van der Waals surface area (Å²) in [5.74, 6) is 0. The van der Waals surface area contributed by atoms with E-state index in [4.69, 9.17) is 4.84 Å². The summed E-state index contributed by atoms with van der Waals surface area (Å²) in [4.78, 5) is 5.37. The molecule has 1 saturated carbocycles. The monoisotopic (exact) mass is 316 g/mol. The number of oxime groups is 1. The van der Waals surface area contributed by atoms with E-state index in [1.165, 1.54) is 11.1 Å². The molecular weight excluding hydrogens is 288 g/mol. The number of aliphatic hydroxyl groups is 1. The Balaban J connectivity index is 1.85. The van der Waals surface area contributed by atoms with Crippen molar-refractivity contribution in [3.05, 3.63) is 41.5 Å². The Hall–Kier alpha value is -1.65. The van der Waals surface area contributed by atoms with Gasteiger partial charge in [-0.25, -0.2) is 0 Å². The van der Waals surface area contributed by atoms with Gasteiger partial charge in [0, 0.05) is 12.1 Å². The molecule has 0 radical (unpaired) electrons. The second-order valence-corrected chi connectivity index (χ2v) is 7.05. The summed E-state index contributed by atoms with van der Waals surface area (Å²) < 4.78 is 0. The molecule has 1 aromatic carbocycles. The first-order chi connectivity index (χ1) is 10.9. The molecule has 23 heavy (non-hydrogen) atoms. The molecule has 1 atom stereocenters. The smallest absolute Gasteiger partial charge is 0.144 e. The van der Waals surface area contributed by atoms with Crippen molar-refractivity contribution in [3.63, 3.8) is 0 Å². The van der Waals surface area contributed by atoms with Crippen LogP contribution in [0.3, 0.4) is 0 Å². The first-order valence-electron chi connectivity index (χ1n) is 8.32. The Kier molecular flexibility index (Phi) is 6.37. The molecule has 1 aliphatic rings. The van der Waals surface area contributed by atoms with Crippen LogP contribution in [0.5, 0.6) is 0 Å². The van der Waals surface area contributed by atoms with Gasteiger partial charge in [-0.3, -0.25) is 0 Å². The van der Waals surface area contributed by atoms with Crippen molar-refractivity contribution >= 4 is 11.8 Å². The second kappa shape index (κ2) is 8.27. The van der Waals surface area contributed by atoms with Crippen LogP contribution in [0.1, 0.15) is 45.6 Å². The van der Waals surface area contributed by atoms with E-state index in [0.717, 1.165) is 25.0 Å². The van der Waals surface area contributed by atoms with Crippen LogP contribution in [0, 0.1) is 0 Å². The molecule has 0 saturated heterocycles. The van der Waals surface area contributed by atoms with Crippen LogP contribution in [-0.2, 0) is 4.84 Å². The lowest BCUT2D eigenvalue weighted by Crippen LogP contribution is -2.42. The van der Waals surface area contributed by atoms with Gasteiger partial charge in [0.25, 0.3) is 0 Å². The second-order valence-electron chi connectivity index (χ2n) is 7.05. The highest BCUT2D eigenvalue weighted by Gasteiger charge is 2.17. The first-order valence-corrected chi connectivity index (χ1v) is 8.32. The maximum Gasteiger partial charge on any atom is 0.144 e. The molecule has 0 aromatic heterocycles. The Bertz CT molecular complexity index is 544. The molecule has 2 rings (SSSR count). The molecule has 0 amide bonds. The van der Waals surface area contributed by atoms with Gasteiger partial charge in [0.15, 0.2) is 0 Å². The van der Waals surface area contributed by atoms with Gasteiger partial charge < -0.3 is 15.3 Å². The third kappa shape index (κ3) is 6.55. The molecule has 4 heteroatoms. The molecule has 1 aliphatic carbocycles. The molecule has 1 aromatic rings. The lowest BCUT2D eigenvalue weighted by molar-refractivity contribution is 0.0372. The lowest BCUT2D eigenvalue weighted by Gasteiger charge is -2.22. The largest absolute Gasteiger partial charge is 0.393 e. The number of nitrogens with zero attached hydrogens (tertiary/aromatic N) is 1. The molecule has 0 aliphatic heterocycles. The van der Waals surface area contributed by atoms with Crippen LogP contribution < -0.4 is 5.32 Å². The van der Waals surface area contributed by atoms with E-state index in [0.29, 0.717) is 6.54 Å². The fraction of sp³-hybridized carbons (Fsp3) is 0.526. The van der Waals surface area contributed by atoms with Crippen LogP contribution in [0.15, 0.2) is 41.1 Å². The number of allylic oxidation sites excluding steroid dienone is 1. The van der Waals surface area contributed by atoms with Gasteiger partial charge in [0.1, 0.15) is 12.7 Å². The zero-order valence-electron chi connectivity index (χ0n) is 14.4.